The van der Waals surface area contributed by atoms with E-state index in [-0.39, 0.29) is 16.9 Å². The van der Waals surface area contributed by atoms with Gasteiger partial charge < -0.3 is 9.88 Å². The normalized spacial score (nSPS) is 12.2. The highest BCUT2D eigenvalue weighted by Gasteiger charge is 2.27. The first kappa shape index (κ1) is 20.5. The molecule has 2 aromatic rings. The molecule has 0 radical (unpaired) electrons. The summed E-state index contributed by atoms with van der Waals surface area (Å²) in [5.41, 5.74) is 1.12. The number of nitrogens with one attached hydrogen (secondary N) is 1. The lowest BCUT2D eigenvalue weighted by molar-refractivity contribution is -0.120. The fraction of sp³-hybridized carbons (Fsp3) is 0.550. The Morgan fingerprint density at radius 3 is 2.38 bits per heavy atom. The maximum atomic E-state index is 12.4. The Morgan fingerprint density at radius 2 is 1.77 bits per heavy atom. The molecule has 0 aliphatic heterocycles. The van der Waals surface area contributed by atoms with Crippen LogP contribution < -0.4 is 5.32 Å². The number of nitrogens with zero attached hydrogens (tertiary/aromatic N) is 3. The first-order chi connectivity index (χ1) is 12.1. The van der Waals surface area contributed by atoms with Crippen LogP contribution in [0.15, 0.2) is 35.5 Å². The number of aromatic nitrogens is 3. The molecule has 0 unspecified atom stereocenters. The Bertz CT molecular complexity index is 732. The third-order valence-corrected chi connectivity index (χ3v) is 4.83. The van der Waals surface area contributed by atoms with E-state index in [9.17, 15) is 4.79 Å². The van der Waals surface area contributed by atoms with Crippen LogP contribution in [0.25, 0.3) is 0 Å². The van der Waals surface area contributed by atoms with Crippen molar-refractivity contribution < 1.29 is 4.79 Å². The summed E-state index contributed by atoms with van der Waals surface area (Å²) in [5.74, 6) is 1.21. The summed E-state index contributed by atoms with van der Waals surface area (Å²) >= 11 is 1.43. The number of hydrogen-bond acceptors (Lipinski definition) is 4. The molecule has 2 rings (SSSR count). The van der Waals surface area contributed by atoms with E-state index in [0.717, 1.165) is 17.4 Å². The van der Waals surface area contributed by atoms with Crippen molar-refractivity contribution in [2.75, 3.05) is 5.75 Å². The molecule has 0 fully saturated rings. The summed E-state index contributed by atoms with van der Waals surface area (Å²) in [6.45, 7) is 13.3. The fourth-order valence-corrected chi connectivity index (χ4v) is 4.11. The molecule has 1 aromatic heterocycles. The summed E-state index contributed by atoms with van der Waals surface area (Å²) in [7, 11) is 0. The average Bonchev–Trinajstić information content (AvgIpc) is 2.84. The fourth-order valence-electron chi connectivity index (χ4n) is 3.33. The number of carbonyl (C=O) groups is 1. The van der Waals surface area contributed by atoms with Crippen molar-refractivity contribution >= 4 is 17.7 Å². The largest absolute Gasteiger partial charge is 0.350 e. The van der Waals surface area contributed by atoms with Gasteiger partial charge in [0.2, 0.25) is 5.91 Å². The molecule has 0 aliphatic carbocycles. The number of rotatable bonds is 7. The van der Waals surface area contributed by atoms with Gasteiger partial charge >= 0.3 is 0 Å². The summed E-state index contributed by atoms with van der Waals surface area (Å²) < 4.78 is 2.05. The van der Waals surface area contributed by atoms with Gasteiger partial charge in [-0.15, -0.1) is 10.2 Å². The van der Waals surface area contributed by atoms with Gasteiger partial charge in [0.15, 0.2) is 5.16 Å². The second-order valence-corrected chi connectivity index (χ2v) is 9.50. The SMILES string of the molecule is Cc1nnc(SCC(=O)NC(C)(C)CC(C)(C)C)n1Cc1ccccc1. The van der Waals surface area contributed by atoms with Crippen molar-refractivity contribution in [1.82, 2.24) is 20.1 Å². The zero-order valence-electron chi connectivity index (χ0n) is 16.7. The van der Waals surface area contributed by atoms with E-state index < -0.39 is 0 Å². The number of amides is 1. The van der Waals surface area contributed by atoms with Gasteiger partial charge in [-0.2, -0.15) is 0 Å². The number of carbonyl (C=O) groups excluding carboxylic acids is 1. The zero-order chi connectivity index (χ0) is 19.4. The lowest BCUT2D eigenvalue weighted by atomic mass is 9.82. The summed E-state index contributed by atoms with van der Waals surface area (Å²) in [6.07, 6.45) is 0.916. The predicted octanol–water partition coefficient (Wildman–Crippen LogP) is 4.06. The van der Waals surface area contributed by atoms with E-state index in [0.29, 0.717) is 12.3 Å². The molecule has 5 nitrogen and oxygen atoms in total. The van der Waals surface area contributed by atoms with Crippen molar-refractivity contribution in [2.45, 2.75) is 65.2 Å². The van der Waals surface area contributed by atoms with E-state index in [1.54, 1.807) is 0 Å². The summed E-state index contributed by atoms with van der Waals surface area (Å²) in [5, 5.41) is 12.3. The van der Waals surface area contributed by atoms with Gasteiger partial charge in [-0.3, -0.25) is 4.79 Å². The van der Waals surface area contributed by atoms with Crippen molar-refractivity contribution in [3.05, 3.63) is 41.7 Å². The molecule has 0 aliphatic rings. The van der Waals surface area contributed by atoms with Gasteiger partial charge in [-0.25, -0.2) is 0 Å². The Labute approximate surface area is 161 Å². The van der Waals surface area contributed by atoms with Crippen LogP contribution in [0.1, 0.15) is 52.4 Å². The molecule has 26 heavy (non-hydrogen) atoms. The van der Waals surface area contributed by atoms with Gasteiger partial charge in [-0.05, 0) is 38.2 Å². The Morgan fingerprint density at radius 1 is 1.12 bits per heavy atom. The Balaban J connectivity index is 1.96. The van der Waals surface area contributed by atoms with Gasteiger partial charge in [0.05, 0.1) is 12.3 Å². The van der Waals surface area contributed by atoms with Crippen molar-refractivity contribution in [2.24, 2.45) is 5.41 Å². The summed E-state index contributed by atoms with van der Waals surface area (Å²) in [6, 6.07) is 10.2. The lowest BCUT2D eigenvalue weighted by Gasteiger charge is -2.33. The van der Waals surface area contributed by atoms with E-state index >= 15 is 0 Å². The van der Waals surface area contributed by atoms with Crippen LogP contribution in [0.3, 0.4) is 0 Å². The molecule has 1 N–H and O–H groups in total. The first-order valence-electron chi connectivity index (χ1n) is 8.93. The third-order valence-electron chi connectivity index (χ3n) is 3.87. The molecule has 0 bridgehead atoms. The maximum absolute atomic E-state index is 12.4. The monoisotopic (exact) mass is 374 g/mol. The first-order valence-corrected chi connectivity index (χ1v) is 9.92. The highest BCUT2D eigenvalue weighted by Crippen LogP contribution is 2.27. The summed E-state index contributed by atoms with van der Waals surface area (Å²) in [4.78, 5) is 12.4. The number of hydrogen-bond donors (Lipinski definition) is 1. The van der Waals surface area contributed by atoms with Gasteiger partial charge in [0, 0.05) is 5.54 Å². The minimum Gasteiger partial charge on any atom is -0.350 e. The number of thioether (sulfide) groups is 1. The lowest BCUT2D eigenvalue weighted by Crippen LogP contribution is -2.46. The second-order valence-electron chi connectivity index (χ2n) is 8.56. The predicted molar refractivity (Wildman–Crippen MR) is 107 cm³/mol. The van der Waals surface area contributed by atoms with Crippen LogP contribution in [0.4, 0.5) is 0 Å². The average molecular weight is 375 g/mol. The minimum atomic E-state index is -0.233. The van der Waals surface area contributed by atoms with Crippen molar-refractivity contribution in [3.63, 3.8) is 0 Å². The molecule has 0 saturated carbocycles. The van der Waals surface area contributed by atoms with Crippen LogP contribution >= 0.6 is 11.8 Å². The topological polar surface area (TPSA) is 59.8 Å². The highest BCUT2D eigenvalue weighted by molar-refractivity contribution is 7.99. The molecular formula is C20H30N4OS. The number of aryl methyl sites for hydroxylation is 1. The zero-order valence-corrected chi connectivity index (χ0v) is 17.5. The molecule has 0 spiro atoms. The van der Waals surface area contributed by atoms with Gasteiger partial charge in [0.25, 0.3) is 0 Å². The van der Waals surface area contributed by atoms with Crippen molar-refractivity contribution in [1.29, 1.82) is 0 Å². The van der Waals surface area contributed by atoms with Crippen LogP contribution in [0.2, 0.25) is 0 Å². The second kappa shape index (κ2) is 8.25. The van der Waals surface area contributed by atoms with Crippen molar-refractivity contribution in [3.8, 4) is 0 Å². The molecule has 142 valence electrons. The van der Waals surface area contributed by atoms with Crippen LogP contribution in [0.5, 0.6) is 0 Å². The Kier molecular flexibility index (Phi) is 6.50. The van der Waals surface area contributed by atoms with Gasteiger partial charge in [-0.1, -0.05) is 62.9 Å². The maximum Gasteiger partial charge on any atom is 0.230 e. The van der Waals surface area contributed by atoms with Crippen LogP contribution in [0, 0.1) is 12.3 Å². The molecule has 1 amide bonds. The van der Waals surface area contributed by atoms with E-state index in [4.69, 9.17) is 0 Å². The molecule has 0 saturated heterocycles. The third kappa shape index (κ3) is 6.48. The van der Waals surface area contributed by atoms with E-state index in [1.165, 1.54) is 17.3 Å². The quantitative estimate of drug-likeness (QED) is 0.743. The molecular weight excluding hydrogens is 344 g/mol. The minimum absolute atomic E-state index is 0.0242. The van der Waals surface area contributed by atoms with Crippen LogP contribution in [-0.4, -0.2) is 32.0 Å². The molecule has 1 heterocycles. The molecule has 1 aromatic carbocycles. The van der Waals surface area contributed by atoms with Crippen LogP contribution in [-0.2, 0) is 11.3 Å². The highest BCUT2D eigenvalue weighted by atomic mass is 32.2. The van der Waals surface area contributed by atoms with Gasteiger partial charge in [0.1, 0.15) is 5.82 Å². The Hall–Kier alpha value is -1.82. The number of benzene rings is 1. The standard InChI is InChI=1S/C20H30N4OS/c1-15-22-23-18(24(15)12-16-10-8-7-9-11-16)26-13-17(25)21-20(5,6)14-19(2,3)4/h7-11H,12-14H2,1-6H3,(H,21,25). The molecule has 0 atom stereocenters. The molecule has 6 heteroatoms. The smallest absolute Gasteiger partial charge is 0.230 e. The van der Waals surface area contributed by atoms with E-state index in [2.05, 4.69) is 62.3 Å². The van der Waals surface area contributed by atoms with E-state index in [1.807, 2.05) is 29.7 Å².